The smallest absolute Gasteiger partial charge is 0.195 e. The fourth-order valence-electron chi connectivity index (χ4n) is 0.976. The molecule has 68 valence electrons. The number of unbranched alkanes of at least 4 members (excludes halogenated alkanes) is 1. The zero-order valence-corrected chi connectivity index (χ0v) is 7.82. The van der Waals surface area contributed by atoms with Crippen LogP contribution in [0.4, 0.5) is 3.89 Å². The zero-order valence-electron chi connectivity index (χ0n) is 7.01. The van der Waals surface area contributed by atoms with Crippen molar-refractivity contribution >= 4 is 10.2 Å². The second-order valence-corrected chi connectivity index (χ2v) is 4.27. The lowest BCUT2D eigenvalue weighted by molar-refractivity contribution is 0.516. The van der Waals surface area contributed by atoms with E-state index in [1.54, 1.807) is 6.92 Å². The number of rotatable bonds is 5. The standard InChI is InChI=1S/C7H15FO2S/c1-3-5-6-7(4-2)11(8,9)10/h7H,3-6H2,1-2H3. The van der Waals surface area contributed by atoms with Crippen molar-refractivity contribution in [2.75, 3.05) is 0 Å². The summed E-state index contributed by atoms with van der Waals surface area (Å²) in [6.07, 6.45) is 2.51. The first-order valence-corrected chi connectivity index (χ1v) is 5.40. The molecule has 0 aromatic carbocycles. The van der Waals surface area contributed by atoms with E-state index in [0.717, 1.165) is 12.8 Å². The van der Waals surface area contributed by atoms with E-state index in [4.69, 9.17) is 0 Å². The topological polar surface area (TPSA) is 34.1 Å². The molecule has 0 saturated heterocycles. The van der Waals surface area contributed by atoms with E-state index in [1.165, 1.54) is 0 Å². The van der Waals surface area contributed by atoms with Crippen LogP contribution in [0, 0.1) is 0 Å². The van der Waals surface area contributed by atoms with Gasteiger partial charge < -0.3 is 0 Å². The average Bonchev–Trinajstić information content (AvgIpc) is 1.87. The van der Waals surface area contributed by atoms with Crippen LogP contribution in [0.25, 0.3) is 0 Å². The van der Waals surface area contributed by atoms with Crippen molar-refractivity contribution in [3.8, 4) is 0 Å². The van der Waals surface area contributed by atoms with Crippen molar-refractivity contribution in [3.05, 3.63) is 0 Å². The summed E-state index contributed by atoms with van der Waals surface area (Å²) < 4.78 is 33.2. The van der Waals surface area contributed by atoms with E-state index >= 15 is 0 Å². The van der Waals surface area contributed by atoms with Crippen molar-refractivity contribution in [1.82, 2.24) is 0 Å². The maximum atomic E-state index is 12.3. The maximum absolute atomic E-state index is 12.3. The summed E-state index contributed by atoms with van der Waals surface area (Å²) in [6.45, 7) is 3.65. The Hall–Kier alpha value is -0.120. The Balaban J connectivity index is 3.97. The summed E-state index contributed by atoms with van der Waals surface area (Å²) in [6, 6.07) is 0. The van der Waals surface area contributed by atoms with Gasteiger partial charge in [0, 0.05) is 0 Å². The molecule has 0 heterocycles. The SMILES string of the molecule is CCCCC(CC)S(=O)(=O)F. The lowest BCUT2D eigenvalue weighted by atomic mass is 10.2. The van der Waals surface area contributed by atoms with Gasteiger partial charge in [0.15, 0.2) is 0 Å². The van der Waals surface area contributed by atoms with Gasteiger partial charge >= 0.3 is 10.2 Å². The molecular formula is C7H15FO2S. The van der Waals surface area contributed by atoms with Gasteiger partial charge in [0.05, 0.1) is 5.25 Å². The predicted octanol–water partition coefficient (Wildman–Crippen LogP) is 2.25. The Kier molecular flexibility index (Phi) is 4.65. The van der Waals surface area contributed by atoms with E-state index in [1.807, 2.05) is 6.92 Å². The molecule has 11 heavy (non-hydrogen) atoms. The van der Waals surface area contributed by atoms with E-state index in [2.05, 4.69) is 0 Å². The molecule has 0 saturated carbocycles. The molecule has 4 heteroatoms. The largest absolute Gasteiger partial charge is 0.305 e. The van der Waals surface area contributed by atoms with E-state index in [9.17, 15) is 12.3 Å². The number of hydrogen-bond acceptors (Lipinski definition) is 2. The fourth-order valence-corrected chi connectivity index (χ4v) is 1.82. The Labute approximate surface area is 68.0 Å². The highest BCUT2D eigenvalue weighted by Gasteiger charge is 2.21. The molecule has 0 aliphatic carbocycles. The van der Waals surface area contributed by atoms with Crippen LogP contribution in [0.5, 0.6) is 0 Å². The van der Waals surface area contributed by atoms with Crippen molar-refractivity contribution in [1.29, 1.82) is 0 Å². The van der Waals surface area contributed by atoms with Gasteiger partial charge in [-0.25, -0.2) is 0 Å². The van der Waals surface area contributed by atoms with E-state index in [0.29, 0.717) is 12.8 Å². The first-order valence-electron chi connectivity index (χ1n) is 3.95. The summed E-state index contributed by atoms with van der Waals surface area (Å²) in [7, 11) is -4.29. The molecule has 0 amide bonds. The molecule has 0 fully saturated rings. The number of halogens is 1. The predicted molar refractivity (Wildman–Crippen MR) is 43.6 cm³/mol. The van der Waals surface area contributed by atoms with Crippen LogP contribution in [-0.2, 0) is 10.2 Å². The molecule has 0 aromatic rings. The van der Waals surface area contributed by atoms with Gasteiger partial charge in [-0.15, -0.1) is 3.89 Å². The Morgan fingerprint density at radius 3 is 2.18 bits per heavy atom. The van der Waals surface area contributed by atoms with Gasteiger partial charge in [0.2, 0.25) is 0 Å². The van der Waals surface area contributed by atoms with E-state index < -0.39 is 15.5 Å². The van der Waals surface area contributed by atoms with Gasteiger partial charge in [-0.1, -0.05) is 26.7 Å². The second-order valence-electron chi connectivity index (χ2n) is 2.65. The first kappa shape index (κ1) is 10.9. The fraction of sp³-hybridized carbons (Fsp3) is 1.00. The quantitative estimate of drug-likeness (QED) is 0.611. The molecule has 0 rings (SSSR count). The minimum absolute atomic E-state index is 0.374. The van der Waals surface area contributed by atoms with Crippen molar-refractivity contribution in [2.24, 2.45) is 0 Å². The van der Waals surface area contributed by atoms with Crippen molar-refractivity contribution in [2.45, 2.75) is 44.8 Å². The molecule has 0 N–H and O–H groups in total. The minimum atomic E-state index is -4.29. The summed E-state index contributed by atoms with van der Waals surface area (Å²) in [5.41, 5.74) is 0. The van der Waals surface area contributed by atoms with Crippen LogP contribution < -0.4 is 0 Å². The van der Waals surface area contributed by atoms with Crippen LogP contribution in [-0.4, -0.2) is 13.7 Å². The normalized spacial score (nSPS) is 14.8. The van der Waals surface area contributed by atoms with Gasteiger partial charge in [0.1, 0.15) is 0 Å². The highest BCUT2D eigenvalue weighted by molar-refractivity contribution is 7.87. The molecule has 1 atom stereocenters. The van der Waals surface area contributed by atoms with Crippen LogP contribution >= 0.6 is 0 Å². The summed E-state index contributed by atoms with van der Waals surface area (Å²) in [5.74, 6) is 0. The molecule has 0 aliphatic heterocycles. The molecule has 1 unspecified atom stereocenters. The Bertz CT molecular complexity index is 187. The van der Waals surface area contributed by atoms with Gasteiger partial charge in [-0.05, 0) is 12.8 Å². The maximum Gasteiger partial charge on any atom is 0.305 e. The third-order valence-electron chi connectivity index (χ3n) is 1.73. The molecular weight excluding hydrogens is 167 g/mol. The van der Waals surface area contributed by atoms with Gasteiger partial charge in [0.25, 0.3) is 0 Å². The van der Waals surface area contributed by atoms with Crippen LogP contribution in [0.15, 0.2) is 0 Å². The molecule has 2 nitrogen and oxygen atoms in total. The molecule has 0 bridgehead atoms. The number of hydrogen-bond donors (Lipinski definition) is 0. The summed E-state index contributed by atoms with van der Waals surface area (Å²) >= 11 is 0. The Morgan fingerprint density at radius 2 is 1.91 bits per heavy atom. The second kappa shape index (κ2) is 4.70. The van der Waals surface area contributed by atoms with Crippen molar-refractivity contribution in [3.63, 3.8) is 0 Å². The van der Waals surface area contributed by atoms with Crippen LogP contribution in [0.2, 0.25) is 0 Å². The molecule has 0 aromatic heterocycles. The third kappa shape index (κ3) is 4.35. The highest BCUT2D eigenvalue weighted by Crippen LogP contribution is 2.14. The molecule has 0 spiro atoms. The third-order valence-corrected chi connectivity index (χ3v) is 3.10. The van der Waals surface area contributed by atoms with Crippen LogP contribution in [0.1, 0.15) is 39.5 Å². The van der Waals surface area contributed by atoms with Crippen molar-refractivity contribution < 1.29 is 12.3 Å². The molecule has 0 aliphatic rings. The summed E-state index contributed by atoms with van der Waals surface area (Å²) in [5, 5.41) is -0.776. The average molecular weight is 182 g/mol. The first-order chi connectivity index (χ1) is 5.02. The summed E-state index contributed by atoms with van der Waals surface area (Å²) in [4.78, 5) is 0. The minimum Gasteiger partial charge on any atom is -0.195 e. The monoisotopic (exact) mass is 182 g/mol. The van der Waals surface area contributed by atoms with E-state index in [-0.39, 0.29) is 0 Å². The van der Waals surface area contributed by atoms with Gasteiger partial charge in [-0.3, -0.25) is 0 Å². The van der Waals surface area contributed by atoms with Gasteiger partial charge in [-0.2, -0.15) is 8.42 Å². The highest BCUT2D eigenvalue weighted by atomic mass is 32.3. The lowest BCUT2D eigenvalue weighted by Gasteiger charge is -2.07. The molecule has 0 radical (unpaired) electrons. The van der Waals surface area contributed by atoms with Crippen LogP contribution in [0.3, 0.4) is 0 Å². The zero-order chi connectivity index (χ0) is 8.91. The Morgan fingerprint density at radius 1 is 1.36 bits per heavy atom. The lowest BCUT2D eigenvalue weighted by Crippen LogP contribution is -2.15.